The third-order valence-corrected chi connectivity index (χ3v) is 4.60. The Morgan fingerprint density at radius 1 is 1.12 bits per heavy atom. The molecule has 2 N–H and O–H groups in total. The van der Waals surface area contributed by atoms with Crippen LogP contribution in [0.4, 0.5) is 0 Å². The molecule has 2 aromatic heterocycles. The van der Waals surface area contributed by atoms with Crippen molar-refractivity contribution in [3.63, 3.8) is 0 Å². The van der Waals surface area contributed by atoms with Gasteiger partial charge < -0.3 is 5.73 Å². The van der Waals surface area contributed by atoms with Crippen LogP contribution in [0.5, 0.6) is 0 Å². The molecule has 0 unspecified atom stereocenters. The number of carbonyl (C=O) groups is 1. The van der Waals surface area contributed by atoms with Crippen LogP contribution in [-0.4, -0.2) is 27.1 Å². The van der Waals surface area contributed by atoms with Crippen molar-refractivity contribution in [2.75, 3.05) is 6.54 Å². The lowest BCUT2D eigenvalue weighted by molar-refractivity contribution is -0.119. The van der Waals surface area contributed by atoms with E-state index >= 15 is 0 Å². The summed E-state index contributed by atoms with van der Waals surface area (Å²) in [6.07, 6.45) is 3.72. The van der Waals surface area contributed by atoms with Gasteiger partial charge in [-0.1, -0.05) is 30.3 Å². The number of nitrogens with zero attached hydrogens (tertiary/aromatic N) is 3. The van der Waals surface area contributed by atoms with Crippen LogP contribution in [0.2, 0.25) is 0 Å². The molecule has 3 aromatic rings. The maximum absolute atomic E-state index is 11.4. The number of aromatic nitrogens is 2. The molecule has 5 nitrogen and oxygen atoms in total. The Morgan fingerprint density at radius 3 is 2.62 bits per heavy atom. The second-order valence-electron chi connectivity index (χ2n) is 5.66. The second kappa shape index (κ2) is 7.90. The first-order valence-corrected chi connectivity index (χ1v) is 8.66. The van der Waals surface area contributed by atoms with Crippen LogP contribution in [-0.2, 0) is 24.4 Å². The molecule has 2 heterocycles. The second-order valence-corrected chi connectivity index (χ2v) is 6.70. The zero-order valence-electron chi connectivity index (χ0n) is 13.3. The van der Waals surface area contributed by atoms with E-state index in [-0.39, 0.29) is 12.5 Å². The number of benzene rings is 1. The topological polar surface area (TPSA) is 64.2 Å². The normalized spacial score (nSPS) is 11.0. The molecule has 0 radical (unpaired) electrons. The summed E-state index contributed by atoms with van der Waals surface area (Å²) in [5.41, 5.74) is 7.81. The average molecular weight is 340 g/mol. The Morgan fingerprint density at radius 2 is 1.96 bits per heavy atom. The molecule has 0 spiro atoms. The number of thiophene rings is 1. The van der Waals surface area contributed by atoms with Gasteiger partial charge >= 0.3 is 0 Å². The van der Waals surface area contributed by atoms with Crippen molar-refractivity contribution >= 4 is 17.2 Å². The highest BCUT2D eigenvalue weighted by Gasteiger charge is 2.13. The lowest BCUT2D eigenvalue weighted by Crippen LogP contribution is -2.33. The minimum absolute atomic E-state index is 0.244. The van der Waals surface area contributed by atoms with Crippen LogP contribution >= 0.6 is 11.3 Å². The summed E-state index contributed by atoms with van der Waals surface area (Å²) in [5, 5.41) is 6.32. The quantitative estimate of drug-likeness (QED) is 0.685. The van der Waals surface area contributed by atoms with Gasteiger partial charge in [0.1, 0.15) is 0 Å². The van der Waals surface area contributed by atoms with E-state index in [4.69, 9.17) is 5.73 Å². The summed E-state index contributed by atoms with van der Waals surface area (Å²) < 4.78 is 1.90. The number of rotatable bonds is 8. The molecule has 3 rings (SSSR count). The van der Waals surface area contributed by atoms with Crippen LogP contribution in [0.15, 0.2) is 60.2 Å². The van der Waals surface area contributed by atoms with Gasteiger partial charge in [-0.25, -0.2) is 0 Å². The smallest absolute Gasteiger partial charge is 0.231 e. The first-order valence-electron chi connectivity index (χ1n) is 7.78. The molecule has 6 heteroatoms. The van der Waals surface area contributed by atoms with E-state index in [0.717, 1.165) is 6.54 Å². The zero-order chi connectivity index (χ0) is 16.8. The Kier molecular flexibility index (Phi) is 5.40. The molecule has 0 saturated heterocycles. The van der Waals surface area contributed by atoms with Crippen molar-refractivity contribution in [2.24, 2.45) is 5.73 Å². The van der Waals surface area contributed by atoms with E-state index in [1.165, 1.54) is 16.0 Å². The third-order valence-electron chi connectivity index (χ3n) is 3.74. The molecule has 0 aliphatic heterocycles. The summed E-state index contributed by atoms with van der Waals surface area (Å²) in [6, 6.07) is 14.3. The van der Waals surface area contributed by atoms with Crippen LogP contribution in [0.1, 0.15) is 16.0 Å². The monoisotopic (exact) mass is 340 g/mol. The van der Waals surface area contributed by atoms with Gasteiger partial charge in [0.2, 0.25) is 5.91 Å². The molecule has 0 atom stereocenters. The fraction of sp³-hybridized carbons (Fsp3) is 0.222. The zero-order valence-corrected chi connectivity index (χ0v) is 14.2. The van der Waals surface area contributed by atoms with Crippen molar-refractivity contribution in [3.05, 3.63) is 76.2 Å². The predicted octanol–water partition coefficient (Wildman–Crippen LogP) is 2.48. The fourth-order valence-corrected chi connectivity index (χ4v) is 3.43. The summed E-state index contributed by atoms with van der Waals surface area (Å²) in [4.78, 5) is 14.7. The van der Waals surface area contributed by atoms with E-state index in [0.29, 0.717) is 13.1 Å². The summed E-state index contributed by atoms with van der Waals surface area (Å²) >= 11 is 1.69. The van der Waals surface area contributed by atoms with Crippen LogP contribution in [0.25, 0.3) is 0 Å². The minimum Gasteiger partial charge on any atom is -0.369 e. The Labute approximate surface area is 145 Å². The van der Waals surface area contributed by atoms with Gasteiger partial charge in [0, 0.05) is 30.4 Å². The highest BCUT2D eigenvalue weighted by atomic mass is 32.1. The number of primary amides is 1. The van der Waals surface area contributed by atoms with Crippen molar-refractivity contribution in [3.8, 4) is 0 Å². The molecule has 0 aliphatic rings. The van der Waals surface area contributed by atoms with Crippen LogP contribution in [0, 0.1) is 0 Å². The number of hydrogen-bond acceptors (Lipinski definition) is 4. The van der Waals surface area contributed by atoms with E-state index in [9.17, 15) is 4.79 Å². The van der Waals surface area contributed by atoms with Crippen molar-refractivity contribution in [1.29, 1.82) is 0 Å². The lowest BCUT2D eigenvalue weighted by atomic mass is 10.1. The highest BCUT2D eigenvalue weighted by Crippen LogP contribution is 2.17. The number of amides is 1. The van der Waals surface area contributed by atoms with Gasteiger partial charge in [-0.2, -0.15) is 5.10 Å². The Balaban J connectivity index is 1.77. The SMILES string of the molecule is NC(=O)CN(Cc1cccs1)Cc1ccccc1Cn1cccn1. The summed E-state index contributed by atoms with van der Waals surface area (Å²) in [7, 11) is 0. The molecule has 0 saturated carbocycles. The molecular formula is C18H20N4OS. The molecule has 24 heavy (non-hydrogen) atoms. The first-order chi connectivity index (χ1) is 11.7. The molecule has 1 amide bonds. The molecule has 0 aliphatic carbocycles. The average Bonchev–Trinajstić information content (AvgIpc) is 3.22. The van der Waals surface area contributed by atoms with Crippen molar-refractivity contribution in [1.82, 2.24) is 14.7 Å². The molecule has 1 aromatic carbocycles. The minimum atomic E-state index is -0.309. The molecule has 0 bridgehead atoms. The van der Waals surface area contributed by atoms with E-state index in [1.54, 1.807) is 17.5 Å². The van der Waals surface area contributed by atoms with Gasteiger partial charge in [-0.15, -0.1) is 11.3 Å². The lowest BCUT2D eigenvalue weighted by Gasteiger charge is -2.22. The largest absolute Gasteiger partial charge is 0.369 e. The highest BCUT2D eigenvalue weighted by molar-refractivity contribution is 7.09. The number of hydrogen-bond donors (Lipinski definition) is 1. The van der Waals surface area contributed by atoms with Gasteiger partial charge in [-0.05, 0) is 28.6 Å². The summed E-state index contributed by atoms with van der Waals surface area (Å²) in [6.45, 7) is 2.36. The fourth-order valence-electron chi connectivity index (χ4n) is 2.69. The van der Waals surface area contributed by atoms with Gasteiger partial charge in [0.05, 0.1) is 13.1 Å². The van der Waals surface area contributed by atoms with Crippen molar-refractivity contribution in [2.45, 2.75) is 19.6 Å². The van der Waals surface area contributed by atoms with E-state index in [2.05, 4.69) is 28.2 Å². The van der Waals surface area contributed by atoms with Gasteiger partial charge in [0.25, 0.3) is 0 Å². The molecular weight excluding hydrogens is 320 g/mol. The maximum Gasteiger partial charge on any atom is 0.231 e. The standard InChI is InChI=1S/C18H20N4OS/c19-18(23)14-21(13-17-7-3-10-24-17)11-15-5-1-2-6-16(15)12-22-9-4-8-20-22/h1-10H,11-14H2,(H2,19,23). The van der Waals surface area contributed by atoms with Gasteiger partial charge in [0.15, 0.2) is 0 Å². The third kappa shape index (κ3) is 4.53. The number of carbonyl (C=O) groups excluding carboxylic acids is 1. The summed E-state index contributed by atoms with van der Waals surface area (Å²) in [5.74, 6) is -0.309. The number of nitrogens with two attached hydrogens (primary N) is 1. The Bertz CT molecular complexity index is 768. The van der Waals surface area contributed by atoms with Crippen LogP contribution < -0.4 is 5.73 Å². The maximum atomic E-state index is 11.4. The van der Waals surface area contributed by atoms with E-state index < -0.39 is 0 Å². The molecule has 0 fully saturated rings. The first kappa shape index (κ1) is 16.4. The van der Waals surface area contributed by atoms with Gasteiger partial charge in [-0.3, -0.25) is 14.4 Å². The Hall–Kier alpha value is -2.44. The van der Waals surface area contributed by atoms with Crippen LogP contribution in [0.3, 0.4) is 0 Å². The van der Waals surface area contributed by atoms with Crippen molar-refractivity contribution < 1.29 is 4.79 Å². The molecule has 124 valence electrons. The predicted molar refractivity (Wildman–Crippen MR) is 95.4 cm³/mol. The van der Waals surface area contributed by atoms with E-state index in [1.807, 2.05) is 40.5 Å².